The number of rotatable bonds is 4. The third kappa shape index (κ3) is 5.03. The van der Waals surface area contributed by atoms with Crippen LogP contribution in [0.4, 0.5) is 4.79 Å². The number of nitrogens with zero attached hydrogens (tertiary/aromatic N) is 1. The molecule has 5 heteroatoms. The fourth-order valence-electron chi connectivity index (χ4n) is 2.84. The molecule has 2 aromatic rings. The SMILES string of the molecule is CC(C)(C)OC(=O)N1CC(O)=C(c2cccc(OCc3ccccc3)c2)C1. The summed E-state index contributed by atoms with van der Waals surface area (Å²) in [5.74, 6) is 0.897. The van der Waals surface area contributed by atoms with Crippen LogP contribution in [0.1, 0.15) is 31.9 Å². The lowest BCUT2D eigenvalue weighted by Gasteiger charge is -2.24. The quantitative estimate of drug-likeness (QED) is 0.844. The first kappa shape index (κ1) is 18.8. The topological polar surface area (TPSA) is 59.0 Å². The summed E-state index contributed by atoms with van der Waals surface area (Å²) in [5, 5.41) is 10.3. The molecule has 0 radical (unpaired) electrons. The van der Waals surface area contributed by atoms with E-state index in [4.69, 9.17) is 9.47 Å². The molecule has 0 spiro atoms. The lowest BCUT2D eigenvalue weighted by molar-refractivity contribution is 0.0293. The summed E-state index contributed by atoms with van der Waals surface area (Å²) in [6.45, 7) is 6.40. The molecule has 0 saturated heterocycles. The predicted molar refractivity (Wildman–Crippen MR) is 105 cm³/mol. The van der Waals surface area contributed by atoms with Crippen molar-refractivity contribution < 1.29 is 19.4 Å². The molecule has 0 aliphatic carbocycles. The van der Waals surface area contributed by atoms with Crippen LogP contribution in [-0.2, 0) is 11.3 Å². The number of aliphatic hydroxyl groups excluding tert-OH is 1. The molecule has 0 fully saturated rings. The van der Waals surface area contributed by atoms with Crippen LogP contribution >= 0.6 is 0 Å². The van der Waals surface area contributed by atoms with E-state index in [1.807, 2.05) is 75.4 Å². The molecule has 2 aromatic carbocycles. The molecule has 0 aromatic heterocycles. The Kier molecular flexibility index (Phi) is 5.40. The fourth-order valence-corrected chi connectivity index (χ4v) is 2.84. The van der Waals surface area contributed by atoms with Crippen LogP contribution in [0.3, 0.4) is 0 Å². The van der Waals surface area contributed by atoms with E-state index in [0.29, 0.717) is 24.5 Å². The smallest absolute Gasteiger partial charge is 0.411 e. The maximum Gasteiger partial charge on any atom is 0.411 e. The standard InChI is InChI=1S/C22H25NO4/c1-22(2,3)27-21(25)23-13-19(20(24)14-23)17-10-7-11-18(12-17)26-15-16-8-5-4-6-9-16/h4-12,24H,13-15H2,1-3H3. The van der Waals surface area contributed by atoms with Crippen molar-refractivity contribution in [2.75, 3.05) is 13.1 Å². The van der Waals surface area contributed by atoms with Crippen LogP contribution in [0.2, 0.25) is 0 Å². The molecule has 1 heterocycles. The average Bonchev–Trinajstić information content (AvgIpc) is 3.02. The molecule has 5 nitrogen and oxygen atoms in total. The zero-order valence-electron chi connectivity index (χ0n) is 15.9. The van der Waals surface area contributed by atoms with Gasteiger partial charge in [0.25, 0.3) is 0 Å². The fraction of sp³-hybridized carbons (Fsp3) is 0.318. The van der Waals surface area contributed by atoms with Crippen molar-refractivity contribution in [1.82, 2.24) is 4.90 Å². The van der Waals surface area contributed by atoms with Crippen molar-refractivity contribution >= 4 is 11.7 Å². The summed E-state index contributed by atoms with van der Waals surface area (Å²) in [7, 11) is 0. The van der Waals surface area contributed by atoms with Gasteiger partial charge in [0.15, 0.2) is 0 Å². The van der Waals surface area contributed by atoms with Gasteiger partial charge < -0.3 is 14.6 Å². The molecular formula is C22H25NO4. The first-order valence-corrected chi connectivity index (χ1v) is 8.98. The van der Waals surface area contributed by atoms with E-state index in [2.05, 4.69) is 0 Å². The van der Waals surface area contributed by atoms with Gasteiger partial charge in [-0.3, -0.25) is 4.90 Å². The van der Waals surface area contributed by atoms with E-state index in [0.717, 1.165) is 11.1 Å². The van der Waals surface area contributed by atoms with Gasteiger partial charge in [-0.2, -0.15) is 0 Å². The number of aliphatic hydroxyl groups is 1. The maximum atomic E-state index is 12.3. The second kappa shape index (κ2) is 7.74. The minimum Gasteiger partial charge on any atom is -0.510 e. The van der Waals surface area contributed by atoms with Crippen molar-refractivity contribution in [3.8, 4) is 5.75 Å². The lowest BCUT2D eigenvalue weighted by atomic mass is 10.1. The van der Waals surface area contributed by atoms with E-state index in [1.165, 1.54) is 4.90 Å². The first-order chi connectivity index (χ1) is 12.8. The summed E-state index contributed by atoms with van der Waals surface area (Å²) in [6.07, 6.45) is -0.430. The van der Waals surface area contributed by atoms with Crippen LogP contribution < -0.4 is 4.74 Å². The number of benzene rings is 2. The molecule has 1 N–H and O–H groups in total. The van der Waals surface area contributed by atoms with Gasteiger partial charge in [0, 0.05) is 5.57 Å². The molecular weight excluding hydrogens is 342 g/mol. The molecule has 0 unspecified atom stereocenters. The Morgan fingerprint density at radius 3 is 2.52 bits per heavy atom. The minimum absolute atomic E-state index is 0.152. The lowest BCUT2D eigenvalue weighted by Crippen LogP contribution is -2.35. The van der Waals surface area contributed by atoms with Gasteiger partial charge in [-0.15, -0.1) is 0 Å². The maximum absolute atomic E-state index is 12.3. The normalized spacial score (nSPS) is 14.4. The summed E-state index contributed by atoms with van der Waals surface area (Å²) in [6, 6.07) is 17.5. The first-order valence-electron chi connectivity index (χ1n) is 8.98. The zero-order valence-corrected chi connectivity index (χ0v) is 15.9. The van der Waals surface area contributed by atoms with Crippen molar-refractivity contribution in [3.05, 3.63) is 71.5 Å². The van der Waals surface area contributed by atoms with E-state index < -0.39 is 11.7 Å². The summed E-state index contributed by atoms with van der Waals surface area (Å²) >= 11 is 0. The van der Waals surface area contributed by atoms with Crippen LogP contribution in [0.25, 0.3) is 5.57 Å². The molecule has 0 atom stereocenters. The molecule has 3 rings (SSSR count). The van der Waals surface area contributed by atoms with Crippen molar-refractivity contribution in [3.63, 3.8) is 0 Å². The predicted octanol–water partition coefficient (Wildman–Crippen LogP) is 4.79. The third-order valence-corrected chi connectivity index (χ3v) is 4.12. The molecule has 1 aliphatic heterocycles. The number of carbonyl (C=O) groups excluding carboxylic acids is 1. The molecule has 1 amide bonds. The van der Waals surface area contributed by atoms with Gasteiger partial charge in [-0.25, -0.2) is 4.79 Å². The van der Waals surface area contributed by atoms with E-state index in [-0.39, 0.29) is 12.3 Å². The molecule has 0 saturated carbocycles. The molecule has 142 valence electrons. The number of hydrogen-bond donors (Lipinski definition) is 1. The Bertz CT molecular complexity index is 837. The highest BCUT2D eigenvalue weighted by Crippen LogP contribution is 2.29. The third-order valence-electron chi connectivity index (χ3n) is 4.12. The Balaban J connectivity index is 1.67. The highest BCUT2D eigenvalue weighted by molar-refractivity contribution is 5.79. The second-order valence-corrected chi connectivity index (χ2v) is 7.56. The Morgan fingerprint density at radius 2 is 1.81 bits per heavy atom. The monoisotopic (exact) mass is 367 g/mol. The number of ether oxygens (including phenoxy) is 2. The van der Waals surface area contributed by atoms with Crippen molar-refractivity contribution in [2.24, 2.45) is 0 Å². The van der Waals surface area contributed by atoms with Gasteiger partial charge in [-0.05, 0) is 44.0 Å². The van der Waals surface area contributed by atoms with Crippen LogP contribution in [-0.4, -0.2) is 34.8 Å². The van der Waals surface area contributed by atoms with Gasteiger partial charge in [0.1, 0.15) is 23.7 Å². The van der Waals surface area contributed by atoms with Gasteiger partial charge >= 0.3 is 6.09 Å². The highest BCUT2D eigenvalue weighted by atomic mass is 16.6. The number of amides is 1. The molecule has 27 heavy (non-hydrogen) atoms. The molecule has 1 aliphatic rings. The van der Waals surface area contributed by atoms with E-state index >= 15 is 0 Å². The Hall–Kier alpha value is -2.95. The van der Waals surface area contributed by atoms with Crippen LogP contribution in [0.15, 0.2) is 60.4 Å². The van der Waals surface area contributed by atoms with Gasteiger partial charge in [-0.1, -0.05) is 42.5 Å². The van der Waals surface area contributed by atoms with E-state index in [9.17, 15) is 9.90 Å². The zero-order chi connectivity index (χ0) is 19.4. The minimum atomic E-state index is -0.569. The van der Waals surface area contributed by atoms with E-state index in [1.54, 1.807) is 0 Å². The summed E-state index contributed by atoms with van der Waals surface area (Å²) in [5.41, 5.74) is 2.07. The number of hydrogen-bond acceptors (Lipinski definition) is 4. The average molecular weight is 367 g/mol. The van der Waals surface area contributed by atoms with Gasteiger partial charge in [0.05, 0.1) is 13.1 Å². The molecule has 0 bridgehead atoms. The summed E-state index contributed by atoms with van der Waals surface area (Å²) in [4.78, 5) is 13.7. The Labute approximate surface area is 159 Å². The highest BCUT2D eigenvalue weighted by Gasteiger charge is 2.30. The summed E-state index contributed by atoms with van der Waals surface area (Å²) < 4.78 is 11.2. The van der Waals surface area contributed by atoms with Crippen molar-refractivity contribution in [2.45, 2.75) is 33.0 Å². The van der Waals surface area contributed by atoms with Crippen molar-refractivity contribution in [1.29, 1.82) is 0 Å². The van der Waals surface area contributed by atoms with Crippen LogP contribution in [0.5, 0.6) is 5.75 Å². The van der Waals surface area contributed by atoms with Crippen LogP contribution in [0, 0.1) is 0 Å². The van der Waals surface area contributed by atoms with Gasteiger partial charge in [0.2, 0.25) is 0 Å². The largest absolute Gasteiger partial charge is 0.510 e. The second-order valence-electron chi connectivity index (χ2n) is 7.56. The number of carbonyl (C=O) groups is 1. The Morgan fingerprint density at radius 1 is 1.07 bits per heavy atom.